The minimum atomic E-state index is -0.927. The summed E-state index contributed by atoms with van der Waals surface area (Å²) in [5.41, 5.74) is 2.58. The zero-order valence-electron chi connectivity index (χ0n) is 14.1. The van der Waals surface area contributed by atoms with E-state index in [-0.39, 0.29) is 12.6 Å². The van der Waals surface area contributed by atoms with Crippen molar-refractivity contribution in [3.63, 3.8) is 0 Å². The Morgan fingerprint density at radius 2 is 1.88 bits per heavy atom. The van der Waals surface area contributed by atoms with Gasteiger partial charge in [0.15, 0.2) is 0 Å². The van der Waals surface area contributed by atoms with Crippen LogP contribution in [0.1, 0.15) is 29.3 Å². The first kappa shape index (κ1) is 20.2. The Morgan fingerprint density at radius 1 is 1.20 bits per heavy atom. The molecule has 1 aromatic rings. The number of carbonyl (C=O) groups excluding carboxylic acids is 2. The van der Waals surface area contributed by atoms with Crippen molar-refractivity contribution >= 4 is 11.8 Å². The van der Waals surface area contributed by atoms with Crippen LogP contribution in [-0.4, -0.2) is 47.9 Å². The molecule has 25 heavy (non-hydrogen) atoms. The number of likely N-dealkylation sites (N-methyl/N-ethyl adjacent to an activating group) is 1. The first-order chi connectivity index (χ1) is 12.0. The fourth-order valence-corrected chi connectivity index (χ4v) is 1.85. The van der Waals surface area contributed by atoms with Crippen LogP contribution in [0, 0.1) is 23.7 Å². The molecule has 1 aromatic carbocycles. The van der Waals surface area contributed by atoms with Gasteiger partial charge in [0.25, 0.3) is 11.8 Å². The second-order valence-electron chi connectivity index (χ2n) is 5.11. The van der Waals surface area contributed by atoms with Crippen LogP contribution in [0.3, 0.4) is 0 Å². The smallest absolute Gasteiger partial charge is 0.267 e. The van der Waals surface area contributed by atoms with Crippen LogP contribution in [0.4, 0.5) is 0 Å². The molecule has 7 heteroatoms. The highest BCUT2D eigenvalue weighted by molar-refractivity contribution is 5.97. The van der Waals surface area contributed by atoms with Crippen molar-refractivity contribution in [2.24, 2.45) is 0 Å². The highest BCUT2D eigenvalue weighted by Gasteiger charge is 2.26. The van der Waals surface area contributed by atoms with E-state index in [0.717, 1.165) is 0 Å². The third-order valence-electron chi connectivity index (χ3n) is 3.38. The summed E-state index contributed by atoms with van der Waals surface area (Å²) < 4.78 is 0. The van der Waals surface area contributed by atoms with Crippen LogP contribution < -0.4 is 16.1 Å². The van der Waals surface area contributed by atoms with Gasteiger partial charge in [0, 0.05) is 23.6 Å². The van der Waals surface area contributed by atoms with Crippen molar-refractivity contribution in [3.8, 4) is 23.7 Å². The predicted molar refractivity (Wildman–Crippen MR) is 92.5 cm³/mol. The lowest BCUT2D eigenvalue weighted by atomic mass is 10.1. The normalized spacial score (nSPS) is 11.8. The van der Waals surface area contributed by atoms with Gasteiger partial charge in [0.2, 0.25) is 0 Å². The van der Waals surface area contributed by atoms with Crippen LogP contribution >= 0.6 is 0 Å². The summed E-state index contributed by atoms with van der Waals surface area (Å²) in [5.74, 6) is 9.61. The van der Waals surface area contributed by atoms with E-state index >= 15 is 0 Å². The summed E-state index contributed by atoms with van der Waals surface area (Å²) in [7, 11) is 1.64. The summed E-state index contributed by atoms with van der Waals surface area (Å²) in [5, 5.41) is 22.8. The summed E-state index contributed by atoms with van der Waals surface area (Å²) in [6, 6.07) is 5.19. The van der Waals surface area contributed by atoms with Crippen LogP contribution in [0.25, 0.3) is 0 Å². The van der Waals surface area contributed by atoms with Crippen LogP contribution in [0.5, 0.6) is 0 Å². The third-order valence-corrected chi connectivity index (χ3v) is 3.38. The number of aliphatic hydroxyl groups excluding tert-OH is 1. The standard InChI is InChI=1S/C18H21N3O4/c1-13(19-2)16(18(24)21-25)20-17(23)15-10-8-14(9-11-15)7-5-3-4-6-12-22/h8-11,13,16,19,22,25H,6,12H2,1-2H3,(H,20,23)(H,21,24)/t13-,16+/m1/s1. The number of amides is 2. The average molecular weight is 343 g/mol. The van der Waals surface area contributed by atoms with Gasteiger partial charge in [-0.2, -0.15) is 0 Å². The van der Waals surface area contributed by atoms with Crippen LogP contribution in [0.15, 0.2) is 24.3 Å². The van der Waals surface area contributed by atoms with Crippen molar-refractivity contribution < 1.29 is 19.9 Å². The first-order valence-corrected chi connectivity index (χ1v) is 7.65. The van der Waals surface area contributed by atoms with Crippen LogP contribution in [0.2, 0.25) is 0 Å². The molecule has 0 saturated heterocycles. The van der Waals surface area contributed by atoms with Gasteiger partial charge in [-0.15, -0.1) is 0 Å². The molecule has 132 valence electrons. The van der Waals surface area contributed by atoms with Crippen LogP contribution in [-0.2, 0) is 4.79 Å². The molecule has 0 bridgehead atoms. The zero-order chi connectivity index (χ0) is 18.7. The Balaban J connectivity index is 2.79. The molecule has 0 aromatic heterocycles. The maximum atomic E-state index is 12.3. The molecule has 0 heterocycles. The lowest BCUT2D eigenvalue weighted by Crippen LogP contribution is -2.55. The van der Waals surface area contributed by atoms with E-state index in [1.54, 1.807) is 43.7 Å². The molecule has 0 spiro atoms. The van der Waals surface area contributed by atoms with Gasteiger partial charge < -0.3 is 15.7 Å². The lowest BCUT2D eigenvalue weighted by molar-refractivity contribution is -0.131. The number of aliphatic hydroxyl groups is 1. The number of rotatable bonds is 6. The number of carbonyl (C=O) groups is 2. The molecule has 5 N–H and O–H groups in total. The van der Waals surface area contributed by atoms with Gasteiger partial charge in [-0.25, -0.2) is 5.48 Å². The fraction of sp³-hybridized carbons (Fsp3) is 0.333. The predicted octanol–water partition coefficient (Wildman–Crippen LogP) is -0.364. The molecular formula is C18H21N3O4. The van der Waals surface area contributed by atoms with Crippen molar-refractivity contribution in [1.82, 2.24) is 16.1 Å². The molecule has 0 aliphatic carbocycles. The number of benzene rings is 1. The van der Waals surface area contributed by atoms with Gasteiger partial charge in [0.05, 0.1) is 6.61 Å². The van der Waals surface area contributed by atoms with Crippen molar-refractivity contribution in [3.05, 3.63) is 35.4 Å². The van der Waals surface area contributed by atoms with Crippen molar-refractivity contribution in [1.29, 1.82) is 0 Å². The van der Waals surface area contributed by atoms with Crippen molar-refractivity contribution in [2.75, 3.05) is 13.7 Å². The quantitative estimate of drug-likeness (QED) is 0.275. The molecule has 0 aliphatic heterocycles. The van der Waals surface area contributed by atoms with E-state index in [1.807, 2.05) is 0 Å². The summed E-state index contributed by atoms with van der Waals surface area (Å²) in [6.45, 7) is 1.71. The van der Waals surface area contributed by atoms with Gasteiger partial charge >= 0.3 is 0 Å². The molecule has 2 atom stereocenters. The van der Waals surface area contributed by atoms with E-state index in [1.165, 1.54) is 0 Å². The first-order valence-electron chi connectivity index (χ1n) is 7.65. The maximum Gasteiger partial charge on any atom is 0.267 e. The molecule has 0 fully saturated rings. The van der Waals surface area contributed by atoms with Gasteiger partial charge in [-0.1, -0.05) is 11.8 Å². The molecule has 1 rings (SSSR count). The SMILES string of the molecule is CN[C@H](C)[C@H](NC(=O)c1ccc(C#CC#CCCO)cc1)C(=O)NO. The molecule has 0 radical (unpaired) electrons. The Labute approximate surface area is 146 Å². The number of nitrogens with one attached hydrogen (secondary N) is 3. The van der Waals surface area contributed by atoms with E-state index in [0.29, 0.717) is 17.5 Å². The molecule has 2 amide bonds. The Bertz CT molecular complexity index is 708. The second kappa shape index (κ2) is 10.8. The van der Waals surface area contributed by atoms with E-state index in [4.69, 9.17) is 10.3 Å². The van der Waals surface area contributed by atoms with Crippen molar-refractivity contribution in [2.45, 2.75) is 25.4 Å². The molecule has 0 saturated carbocycles. The van der Waals surface area contributed by atoms with Gasteiger partial charge in [-0.05, 0) is 50.1 Å². The molecule has 0 aliphatic rings. The number of hydroxylamine groups is 1. The summed E-state index contributed by atoms with van der Waals surface area (Å²) in [4.78, 5) is 23.9. The molecule has 7 nitrogen and oxygen atoms in total. The van der Waals surface area contributed by atoms with Gasteiger partial charge in [0.1, 0.15) is 6.04 Å². The Hall–Kier alpha value is -2.84. The minimum Gasteiger partial charge on any atom is -0.395 e. The Morgan fingerprint density at radius 3 is 2.44 bits per heavy atom. The number of hydrogen-bond acceptors (Lipinski definition) is 5. The second-order valence-corrected chi connectivity index (χ2v) is 5.11. The van der Waals surface area contributed by atoms with E-state index in [2.05, 4.69) is 34.3 Å². The molecular weight excluding hydrogens is 322 g/mol. The largest absolute Gasteiger partial charge is 0.395 e. The monoisotopic (exact) mass is 343 g/mol. The lowest BCUT2D eigenvalue weighted by Gasteiger charge is -2.22. The average Bonchev–Trinajstić information content (AvgIpc) is 2.65. The maximum absolute atomic E-state index is 12.3. The van der Waals surface area contributed by atoms with E-state index in [9.17, 15) is 9.59 Å². The number of hydrogen-bond donors (Lipinski definition) is 5. The summed E-state index contributed by atoms with van der Waals surface area (Å²) >= 11 is 0. The topological polar surface area (TPSA) is 111 Å². The zero-order valence-corrected chi connectivity index (χ0v) is 14.1. The fourth-order valence-electron chi connectivity index (χ4n) is 1.85. The highest BCUT2D eigenvalue weighted by atomic mass is 16.5. The van der Waals surface area contributed by atoms with E-state index < -0.39 is 17.9 Å². The third kappa shape index (κ3) is 6.66. The van der Waals surface area contributed by atoms with Gasteiger partial charge in [-0.3, -0.25) is 14.8 Å². The minimum absolute atomic E-state index is 0.0000445. The Kier molecular flexibility index (Phi) is 8.77. The molecule has 0 unspecified atom stereocenters. The highest BCUT2D eigenvalue weighted by Crippen LogP contribution is 2.05. The summed E-state index contributed by atoms with van der Waals surface area (Å²) in [6.07, 6.45) is 0.376.